The van der Waals surface area contributed by atoms with Crippen molar-refractivity contribution < 1.29 is 0 Å². The Morgan fingerprint density at radius 1 is 0.400 bits per heavy atom. The molecule has 0 saturated heterocycles. The van der Waals surface area contributed by atoms with E-state index in [4.69, 9.17) is 0 Å². The van der Waals surface area contributed by atoms with Crippen molar-refractivity contribution in [2.75, 3.05) is 0 Å². The zero-order chi connectivity index (χ0) is 20.5. The SMILES string of the molecule is BrC(c1ccc(C(Br)c2cccc3ccccc23)cc1)c1cccc2ccccc12. The predicted octanol–water partition coefficient (Wildman–Crippen LogP) is 8.96. The molecule has 0 aromatic heterocycles. The van der Waals surface area contributed by atoms with Gasteiger partial charge in [-0.3, -0.25) is 0 Å². The van der Waals surface area contributed by atoms with Crippen molar-refractivity contribution in [3.8, 4) is 0 Å². The van der Waals surface area contributed by atoms with Crippen molar-refractivity contribution in [3.05, 3.63) is 131 Å². The largest absolute Gasteiger partial charge is 0.0786 e. The molecule has 5 aromatic rings. The van der Waals surface area contributed by atoms with Crippen molar-refractivity contribution in [1.82, 2.24) is 0 Å². The van der Waals surface area contributed by atoms with E-state index in [1.807, 2.05) is 0 Å². The lowest BCUT2D eigenvalue weighted by Gasteiger charge is -2.17. The van der Waals surface area contributed by atoms with E-state index in [1.165, 1.54) is 43.8 Å². The number of hydrogen-bond donors (Lipinski definition) is 0. The molecule has 146 valence electrons. The number of alkyl halides is 2. The molecule has 2 unspecified atom stereocenters. The fraction of sp³-hybridized carbons (Fsp3) is 0.0714. The van der Waals surface area contributed by atoms with E-state index in [0.717, 1.165) is 0 Å². The molecule has 5 aromatic carbocycles. The van der Waals surface area contributed by atoms with Crippen LogP contribution in [-0.4, -0.2) is 0 Å². The van der Waals surface area contributed by atoms with Crippen molar-refractivity contribution in [1.29, 1.82) is 0 Å². The van der Waals surface area contributed by atoms with Gasteiger partial charge in [0.05, 0.1) is 9.65 Å². The Morgan fingerprint density at radius 2 is 0.767 bits per heavy atom. The van der Waals surface area contributed by atoms with Gasteiger partial charge in [0.25, 0.3) is 0 Å². The van der Waals surface area contributed by atoms with Gasteiger partial charge in [-0.15, -0.1) is 0 Å². The zero-order valence-corrected chi connectivity index (χ0v) is 19.5. The third-order valence-corrected chi connectivity index (χ3v) is 7.76. The Kier molecular flexibility index (Phi) is 5.45. The molecule has 0 aliphatic rings. The number of rotatable bonds is 4. The highest BCUT2D eigenvalue weighted by Gasteiger charge is 2.16. The third-order valence-electron chi connectivity index (χ3n) is 5.71. The Hall–Kier alpha value is -2.42. The van der Waals surface area contributed by atoms with Crippen molar-refractivity contribution in [2.24, 2.45) is 0 Å². The van der Waals surface area contributed by atoms with Crippen LogP contribution >= 0.6 is 31.9 Å². The summed E-state index contributed by atoms with van der Waals surface area (Å²) in [5, 5.41) is 5.13. The second kappa shape index (κ2) is 8.37. The predicted molar refractivity (Wildman–Crippen MR) is 136 cm³/mol. The lowest BCUT2D eigenvalue weighted by molar-refractivity contribution is 1.15. The molecule has 0 nitrogen and oxygen atoms in total. The molecule has 2 atom stereocenters. The van der Waals surface area contributed by atoms with E-state index < -0.39 is 0 Å². The second-order valence-corrected chi connectivity index (χ2v) is 9.36. The smallest absolute Gasteiger partial charge is 0.0650 e. The molecule has 0 aliphatic heterocycles. The summed E-state index contributed by atoms with van der Waals surface area (Å²) in [5.41, 5.74) is 5.11. The molecule has 0 saturated carbocycles. The molecule has 0 heterocycles. The van der Waals surface area contributed by atoms with Gasteiger partial charge >= 0.3 is 0 Å². The molecule has 30 heavy (non-hydrogen) atoms. The summed E-state index contributed by atoms with van der Waals surface area (Å²) in [6.07, 6.45) is 0. The molecule has 0 N–H and O–H groups in total. The normalized spacial score (nSPS) is 13.4. The maximum Gasteiger partial charge on any atom is 0.0650 e. The molecule has 5 rings (SSSR count). The zero-order valence-electron chi connectivity index (χ0n) is 16.3. The summed E-state index contributed by atoms with van der Waals surface area (Å²) in [6, 6.07) is 39.1. The fourth-order valence-electron chi connectivity index (χ4n) is 4.14. The van der Waals surface area contributed by atoms with Gasteiger partial charge in [0.1, 0.15) is 0 Å². The van der Waals surface area contributed by atoms with Crippen LogP contribution < -0.4 is 0 Å². The average Bonchev–Trinajstić information content (AvgIpc) is 2.82. The molecule has 0 aliphatic carbocycles. The van der Waals surface area contributed by atoms with E-state index in [9.17, 15) is 0 Å². The maximum absolute atomic E-state index is 3.94. The highest BCUT2D eigenvalue weighted by atomic mass is 79.9. The quantitative estimate of drug-likeness (QED) is 0.209. The van der Waals surface area contributed by atoms with Gasteiger partial charge in [0.2, 0.25) is 0 Å². The minimum Gasteiger partial charge on any atom is -0.0786 e. The van der Waals surface area contributed by atoms with Crippen LogP contribution in [0.3, 0.4) is 0 Å². The lowest BCUT2D eigenvalue weighted by atomic mass is 9.95. The van der Waals surface area contributed by atoms with Crippen LogP contribution in [0.2, 0.25) is 0 Å². The van der Waals surface area contributed by atoms with E-state index in [0.29, 0.717) is 0 Å². The summed E-state index contributed by atoms with van der Waals surface area (Å²) in [5.74, 6) is 0. The molecule has 0 spiro atoms. The summed E-state index contributed by atoms with van der Waals surface area (Å²) in [7, 11) is 0. The van der Waals surface area contributed by atoms with E-state index in [1.54, 1.807) is 0 Å². The highest BCUT2D eigenvalue weighted by molar-refractivity contribution is 9.09. The van der Waals surface area contributed by atoms with Gasteiger partial charge in [-0.05, 0) is 43.8 Å². The van der Waals surface area contributed by atoms with Crippen LogP contribution in [0.15, 0.2) is 109 Å². The minimum atomic E-state index is 0.156. The Balaban J connectivity index is 1.48. The molecule has 0 radical (unpaired) electrons. The van der Waals surface area contributed by atoms with E-state index in [2.05, 4.69) is 141 Å². The number of halogens is 2. The molecular formula is C28H20Br2. The third kappa shape index (κ3) is 3.59. The molecular weight excluding hydrogens is 496 g/mol. The second-order valence-electron chi connectivity index (χ2n) is 7.53. The lowest BCUT2D eigenvalue weighted by Crippen LogP contribution is -1.97. The Labute approximate surface area is 193 Å². The van der Waals surface area contributed by atoms with Crippen molar-refractivity contribution in [2.45, 2.75) is 9.65 Å². The maximum atomic E-state index is 3.94. The Bertz CT molecular complexity index is 1210. The number of benzene rings is 5. The van der Waals surface area contributed by atoms with Gasteiger partial charge in [0.15, 0.2) is 0 Å². The van der Waals surface area contributed by atoms with Gasteiger partial charge in [0, 0.05) is 0 Å². The van der Waals surface area contributed by atoms with Crippen LogP contribution in [0.25, 0.3) is 21.5 Å². The average molecular weight is 516 g/mol. The number of hydrogen-bond acceptors (Lipinski definition) is 0. The van der Waals surface area contributed by atoms with E-state index >= 15 is 0 Å². The molecule has 2 heteroatoms. The fourth-order valence-corrected chi connectivity index (χ4v) is 5.54. The summed E-state index contributed by atoms with van der Waals surface area (Å²) in [4.78, 5) is 0.313. The summed E-state index contributed by atoms with van der Waals surface area (Å²) < 4.78 is 0. The number of fused-ring (bicyclic) bond motifs is 2. The Morgan fingerprint density at radius 3 is 1.20 bits per heavy atom. The van der Waals surface area contributed by atoms with Gasteiger partial charge in [-0.25, -0.2) is 0 Å². The van der Waals surface area contributed by atoms with Crippen LogP contribution in [0.1, 0.15) is 31.9 Å². The topological polar surface area (TPSA) is 0 Å². The molecule has 0 bridgehead atoms. The van der Waals surface area contributed by atoms with Crippen LogP contribution in [0, 0.1) is 0 Å². The van der Waals surface area contributed by atoms with Crippen LogP contribution in [0.5, 0.6) is 0 Å². The van der Waals surface area contributed by atoms with Crippen molar-refractivity contribution >= 4 is 53.4 Å². The van der Waals surface area contributed by atoms with Gasteiger partial charge < -0.3 is 0 Å². The molecule has 0 amide bonds. The highest BCUT2D eigenvalue weighted by Crippen LogP contribution is 2.38. The van der Waals surface area contributed by atoms with Crippen LogP contribution in [-0.2, 0) is 0 Å². The first-order chi connectivity index (χ1) is 14.7. The minimum absolute atomic E-state index is 0.156. The van der Waals surface area contributed by atoms with Crippen molar-refractivity contribution in [3.63, 3.8) is 0 Å². The standard InChI is InChI=1S/C28H20Br2/c29-27(25-13-5-9-19-7-1-3-11-23(19)25)21-15-17-22(18-16-21)28(30)26-14-6-10-20-8-2-4-12-24(20)26/h1-18,27-28H. The summed E-state index contributed by atoms with van der Waals surface area (Å²) >= 11 is 7.89. The first kappa shape index (κ1) is 19.5. The van der Waals surface area contributed by atoms with Gasteiger partial charge in [-0.2, -0.15) is 0 Å². The van der Waals surface area contributed by atoms with Crippen LogP contribution in [0.4, 0.5) is 0 Å². The first-order valence-corrected chi connectivity index (χ1v) is 11.9. The van der Waals surface area contributed by atoms with E-state index in [-0.39, 0.29) is 9.65 Å². The molecule has 0 fully saturated rings. The monoisotopic (exact) mass is 514 g/mol. The van der Waals surface area contributed by atoms with Gasteiger partial charge in [-0.1, -0.05) is 141 Å². The first-order valence-electron chi connectivity index (χ1n) is 10.1. The summed E-state index contributed by atoms with van der Waals surface area (Å²) in [6.45, 7) is 0.